The summed E-state index contributed by atoms with van der Waals surface area (Å²) in [5.41, 5.74) is 6.95. The summed E-state index contributed by atoms with van der Waals surface area (Å²) >= 11 is 0. The molecule has 4 nitrogen and oxygen atoms in total. The molecule has 0 aliphatic rings. The largest absolute Gasteiger partial charge is 0.497 e. The lowest BCUT2D eigenvalue weighted by molar-refractivity contribution is 0.0950. The Bertz CT molecular complexity index is 422. The molecule has 1 amide bonds. The summed E-state index contributed by atoms with van der Waals surface area (Å²) in [5.74, 6) is 0.512. The van der Waals surface area contributed by atoms with Gasteiger partial charge in [-0.3, -0.25) is 4.79 Å². The van der Waals surface area contributed by atoms with Gasteiger partial charge in [-0.15, -0.1) is 0 Å². The summed E-state index contributed by atoms with van der Waals surface area (Å²) < 4.78 is 5.04. The molecule has 0 bridgehead atoms. The summed E-state index contributed by atoms with van der Waals surface area (Å²) in [6, 6.07) is 5.06. The highest BCUT2D eigenvalue weighted by atomic mass is 16.5. The first-order chi connectivity index (χ1) is 8.33. The molecule has 1 aromatic carbocycles. The maximum Gasteiger partial charge on any atom is 0.253 e. The molecule has 100 valence electrons. The van der Waals surface area contributed by atoms with Gasteiger partial charge in [0, 0.05) is 18.3 Å². The molecular weight excluding hydrogens is 228 g/mol. The minimum Gasteiger partial charge on any atom is -0.497 e. The van der Waals surface area contributed by atoms with Crippen molar-refractivity contribution in [3.63, 3.8) is 0 Å². The fourth-order valence-electron chi connectivity index (χ4n) is 1.52. The van der Waals surface area contributed by atoms with Crippen molar-refractivity contribution in [1.29, 1.82) is 0 Å². The van der Waals surface area contributed by atoms with Crippen LogP contribution in [0.15, 0.2) is 18.2 Å². The van der Waals surface area contributed by atoms with Crippen molar-refractivity contribution < 1.29 is 9.53 Å². The maximum atomic E-state index is 11.9. The first kappa shape index (κ1) is 14.4. The Morgan fingerprint density at radius 2 is 2.06 bits per heavy atom. The number of nitrogens with one attached hydrogen (secondary N) is 1. The monoisotopic (exact) mass is 250 g/mol. The Kier molecular flexibility index (Phi) is 4.59. The van der Waals surface area contributed by atoms with E-state index in [9.17, 15) is 4.79 Å². The topological polar surface area (TPSA) is 64.3 Å². The predicted octanol–water partition coefficient (Wildman–Crippen LogP) is 2.44. The van der Waals surface area contributed by atoms with E-state index in [1.165, 1.54) is 0 Å². The minimum absolute atomic E-state index is 0.139. The maximum absolute atomic E-state index is 11.9. The molecule has 1 rings (SSSR count). The zero-order valence-electron chi connectivity index (χ0n) is 11.5. The third kappa shape index (κ3) is 4.28. The van der Waals surface area contributed by atoms with Gasteiger partial charge in [-0.2, -0.15) is 0 Å². The predicted molar refractivity (Wildman–Crippen MR) is 73.8 cm³/mol. The van der Waals surface area contributed by atoms with Crippen LogP contribution in [0, 0.1) is 5.41 Å². The van der Waals surface area contributed by atoms with Crippen LogP contribution in [0.5, 0.6) is 5.75 Å². The average Bonchev–Trinajstić information content (AvgIpc) is 2.26. The molecule has 0 saturated carbocycles. The normalized spacial score (nSPS) is 11.1. The second kappa shape index (κ2) is 5.76. The molecule has 0 heterocycles. The number of nitrogen functional groups attached to an aromatic ring is 1. The summed E-state index contributed by atoms with van der Waals surface area (Å²) in [4.78, 5) is 11.9. The van der Waals surface area contributed by atoms with Crippen LogP contribution in [0.3, 0.4) is 0 Å². The zero-order valence-corrected chi connectivity index (χ0v) is 11.5. The number of carbonyl (C=O) groups excluding carboxylic acids is 1. The van der Waals surface area contributed by atoms with Crippen LogP contribution in [-0.4, -0.2) is 19.6 Å². The van der Waals surface area contributed by atoms with E-state index in [0.29, 0.717) is 23.5 Å². The van der Waals surface area contributed by atoms with Crippen LogP contribution in [-0.2, 0) is 0 Å². The van der Waals surface area contributed by atoms with Crippen molar-refractivity contribution in [2.24, 2.45) is 5.41 Å². The number of amides is 1. The van der Waals surface area contributed by atoms with E-state index in [4.69, 9.17) is 10.5 Å². The van der Waals surface area contributed by atoms with Gasteiger partial charge >= 0.3 is 0 Å². The summed E-state index contributed by atoms with van der Waals surface area (Å²) in [6.07, 6.45) is 0.925. The van der Waals surface area contributed by atoms with Crippen LogP contribution < -0.4 is 15.8 Å². The lowest BCUT2D eigenvalue weighted by Crippen LogP contribution is -2.27. The zero-order chi connectivity index (χ0) is 13.8. The first-order valence-electron chi connectivity index (χ1n) is 6.05. The van der Waals surface area contributed by atoms with Gasteiger partial charge in [0.25, 0.3) is 5.91 Å². The van der Waals surface area contributed by atoms with Crippen molar-refractivity contribution in [3.05, 3.63) is 23.8 Å². The molecule has 0 fully saturated rings. The number of carbonyl (C=O) groups is 1. The number of methoxy groups -OCH3 is 1. The number of hydrogen-bond donors (Lipinski definition) is 2. The fourth-order valence-corrected chi connectivity index (χ4v) is 1.52. The van der Waals surface area contributed by atoms with Gasteiger partial charge in [0.15, 0.2) is 0 Å². The third-order valence-electron chi connectivity index (χ3n) is 2.66. The molecule has 0 spiro atoms. The second-order valence-corrected chi connectivity index (χ2v) is 5.52. The molecule has 0 unspecified atom stereocenters. The number of rotatable bonds is 4. The van der Waals surface area contributed by atoms with Gasteiger partial charge in [0.05, 0.1) is 12.7 Å². The van der Waals surface area contributed by atoms with E-state index in [1.807, 2.05) is 0 Å². The van der Waals surface area contributed by atoms with Gasteiger partial charge in [0.1, 0.15) is 5.75 Å². The van der Waals surface area contributed by atoms with Crippen LogP contribution in [0.25, 0.3) is 0 Å². The number of benzene rings is 1. The molecule has 18 heavy (non-hydrogen) atoms. The van der Waals surface area contributed by atoms with Crippen molar-refractivity contribution in [1.82, 2.24) is 5.32 Å². The Morgan fingerprint density at radius 3 is 2.56 bits per heavy atom. The van der Waals surface area contributed by atoms with E-state index in [0.717, 1.165) is 6.42 Å². The quantitative estimate of drug-likeness (QED) is 0.807. The molecule has 0 aliphatic heterocycles. The van der Waals surface area contributed by atoms with Crippen LogP contribution in [0.2, 0.25) is 0 Å². The fraction of sp³-hybridized carbons (Fsp3) is 0.500. The molecule has 0 aromatic heterocycles. The molecule has 0 saturated heterocycles. The molecule has 4 heteroatoms. The van der Waals surface area contributed by atoms with Crippen molar-refractivity contribution >= 4 is 11.6 Å². The number of hydrogen-bond acceptors (Lipinski definition) is 3. The van der Waals surface area contributed by atoms with Gasteiger partial charge in [-0.25, -0.2) is 0 Å². The lowest BCUT2D eigenvalue weighted by Gasteiger charge is -2.18. The minimum atomic E-state index is -0.139. The number of anilines is 1. The van der Waals surface area contributed by atoms with E-state index >= 15 is 0 Å². The van der Waals surface area contributed by atoms with Gasteiger partial charge in [0.2, 0.25) is 0 Å². The Balaban J connectivity index is 2.62. The smallest absolute Gasteiger partial charge is 0.253 e. The first-order valence-corrected chi connectivity index (χ1v) is 6.05. The van der Waals surface area contributed by atoms with E-state index in [-0.39, 0.29) is 11.3 Å². The Morgan fingerprint density at radius 1 is 1.39 bits per heavy atom. The van der Waals surface area contributed by atoms with E-state index in [1.54, 1.807) is 25.3 Å². The van der Waals surface area contributed by atoms with E-state index < -0.39 is 0 Å². The van der Waals surface area contributed by atoms with Crippen molar-refractivity contribution in [2.45, 2.75) is 27.2 Å². The highest BCUT2D eigenvalue weighted by Crippen LogP contribution is 2.20. The summed E-state index contributed by atoms with van der Waals surface area (Å²) in [6.45, 7) is 7.07. The van der Waals surface area contributed by atoms with Crippen LogP contribution in [0.4, 0.5) is 5.69 Å². The lowest BCUT2D eigenvalue weighted by atomic mass is 9.92. The Hall–Kier alpha value is -1.71. The number of ether oxygens (including phenoxy) is 1. The van der Waals surface area contributed by atoms with E-state index in [2.05, 4.69) is 26.1 Å². The van der Waals surface area contributed by atoms with Crippen LogP contribution in [0.1, 0.15) is 37.6 Å². The van der Waals surface area contributed by atoms with Gasteiger partial charge in [-0.1, -0.05) is 20.8 Å². The van der Waals surface area contributed by atoms with Crippen LogP contribution >= 0.6 is 0 Å². The molecule has 0 aliphatic carbocycles. The summed E-state index contributed by atoms with van der Waals surface area (Å²) in [7, 11) is 1.57. The molecular formula is C14H22N2O2. The average molecular weight is 250 g/mol. The Labute approximate surface area is 109 Å². The van der Waals surface area contributed by atoms with Crippen molar-refractivity contribution in [2.75, 3.05) is 19.4 Å². The number of nitrogens with two attached hydrogens (primary N) is 1. The van der Waals surface area contributed by atoms with Gasteiger partial charge in [-0.05, 0) is 24.0 Å². The SMILES string of the molecule is COc1ccc(C(=O)NCCC(C)(C)C)c(N)c1. The standard InChI is InChI=1S/C14H22N2O2/c1-14(2,3)7-8-16-13(17)11-6-5-10(18-4)9-12(11)15/h5-6,9H,7-8,15H2,1-4H3,(H,16,17). The molecule has 0 atom stereocenters. The summed E-state index contributed by atoms with van der Waals surface area (Å²) in [5, 5.41) is 2.87. The van der Waals surface area contributed by atoms with Crippen molar-refractivity contribution in [3.8, 4) is 5.75 Å². The highest BCUT2D eigenvalue weighted by molar-refractivity contribution is 5.99. The second-order valence-electron chi connectivity index (χ2n) is 5.52. The highest BCUT2D eigenvalue weighted by Gasteiger charge is 2.13. The third-order valence-corrected chi connectivity index (χ3v) is 2.66. The van der Waals surface area contributed by atoms with Gasteiger partial charge < -0.3 is 15.8 Å². The molecule has 1 aromatic rings. The molecule has 0 radical (unpaired) electrons. The molecule has 3 N–H and O–H groups in total.